The van der Waals surface area contributed by atoms with Crippen LogP contribution in [-0.2, 0) is 16.0 Å². The topological polar surface area (TPSA) is 75.6 Å². The van der Waals surface area contributed by atoms with Crippen LogP contribution in [0.1, 0.15) is 28.8 Å². The SMILES string of the molecule is COC(=O)[C@@H](CCCc1ccccc1)NC(=O)c1cccc(O)c1. The van der Waals surface area contributed by atoms with Crippen LogP contribution in [0.5, 0.6) is 5.75 Å². The summed E-state index contributed by atoms with van der Waals surface area (Å²) in [5.74, 6) is -0.890. The average Bonchev–Trinajstić information content (AvgIpc) is 2.61. The van der Waals surface area contributed by atoms with Gasteiger partial charge in [-0.15, -0.1) is 0 Å². The molecule has 0 aliphatic heterocycles. The van der Waals surface area contributed by atoms with Gasteiger partial charge in [-0.3, -0.25) is 4.79 Å². The number of carbonyl (C=O) groups is 2. The first-order valence-corrected chi connectivity index (χ1v) is 7.82. The standard InChI is InChI=1S/C19H21NO4/c1-24-19(23)17(12-5-9-14-7-3-2-4-8-14)20-18(22)15-10-6-11-16(21)13-15/h2-4,6-8,10-11,13,17,21H,5,9,12H2,1H3,(H,20,22)/t17-/m1/s1. The molecule has 0 fully saturated rings. The van der Waals surface area contributed by atoms with Gasteiger partial charge < -0.3 is 15.2 Å². The van der Waals surface area contributed by atoms with Gasteiger partial charge in [0, 0.05) is 5.56 Å². The highest BCUT2D eigenvalue weighted by molar-refractivity contribution is 5.97. The average molecular weight is 327 g/mol. The Morgan fingerprint density at radius 1 is 1.12 bits per heavy atom. The van der Waals surface area contributed by atoms with Crippen LogP contribution in [0.4, 0.5) is 0 Å². The Hall–Kier alpha value is -2.82. The number of hydrogen-bond donors (Lipinski definition) is 2. The zero-order valence-corrected chi connectivity index (χ0v) is 13.6. The number of aromatic hydroxyl groups is 1. The molecule has 24 heavy (non-hydrogen) atoms. The molecular formula is C19H21NO4. The summed E-state index contributed by atoms with van der Waals surface area (Å²) < 4.78 is 4.77. The second-order valence-corrected chi connectivity index (χ2v) is 5.48. The molecule has 0 saturated carbocycles. The number of carbonyl (C=O) groups excluding carboxylic acids is 2. The summed E-state index contributed by atoms with van der Waals surface area (Å²) in [7, 11) is 1.30. The molecule has 0 spiro atoms. The number of esters is 1. The van der Waals surface area contributed by atoms with Crippen LogP contribution in [0.2, 0.25) is 0 Å². The van der Waals surface area contributed by atoms with Crippen LogP contribution in [-0.4, -0.2) is 30.1 Å². The molecule has 0 aliphatic carbocycles. The molecule has 0 bridgehead atoms. The molecule has 1 atom stereocenters. The van der Waals surface area contributed by atoms with Crippen LogP contribution < -0.4 is 5.32 Å². The number of rotatable bonds is 7. The fourth-order valence-corrected chi connectivity index (χ4v) is 2.43. The predicted octanol–water partition coefficient (Wildman–Crippen LogP) is 2.69. The minimum absolute atomic E-state index is 0.00125. The molecule has 2 aromatic rings. The summed E-state index contributed by atoms with van der Waals surface area (Å²) in [6, 6.07) is 15.2. The summed E-state index contributed by atoms with van der Waals surface area (Å²) in [6.07, 6.45) is 2.03. The Morgan fingerprint density at radius 3 is 2.54 bits per heavy atom. The van der Waals surface area contributed by atoms with E-state index in [1.54, 1.807) is 12.1 Å². The van der Waals surface area contributed by atoms with Crippen molar-refractivity contribution in [2.75, 3.05) is 7.11 Å². The smallest absolute Gasteiger partial charge is 0.328 e. The highest BCUT2D eigenvalue weighted by Gasteiger charge is 2.21. The molecule has 0 unspecified atom stereocenters. The van der Waals surface area contributed by atoms with Crippen molar-refractivity contribution in [3.05, 3.63) is 65.7 Å². The van der Waals surface area contributed by atoms with Crippen LogP contribution in [0.15, 0.2) is 54.6 Å². The Balaban J connectivity index is 1.95. The van der Waals surface area contributed by atoms with E-state index in [2.05, 4.69) is 5.32 Å². The van der Waals surface area contributed by atoms with E-state index in [1.165, 1.54) is 24.8 Å². The molecule has 0 heterocycles. The Kier molecular flexibility index (Phi) is 6.37. The maximum absolute atomic E-state index is 12.2. The van der Waals surface area contributed by atoms with Crippen molar-refractivity contribution in [1.29, 1.82) is 0 Å². The molecule has 1 amide bonds. The lowest BCUT2D eigenvalue weighted by molar-refractivity contribution is -0.143. The number of phenols is 1. The minimum atomic E-state index is -0.714. The van der Waals surface area contributed by atoms with Crippen molar-refractivity contribution in [3.8, 4) is 5.75 Å². The van der Waals surface area contributed by atoms with Crippen molar-refractivity contribution < 1.29 is 19.4 Å². The summed E-state index contributed by atoms with van der Waals surface area (Å²) in [4.78, 5) is 24.1. The molecule has 2 rings (SSSR count). The monoisotopic (exact) mass is 327 g/mol. The maximum Gasteiger partial charge on any atom is 0.328 e. The van der Waals surface area contributed by atoms with Crippen molar-refractivity contribution >= 4 is 11.9 Å². The normalized spacial score (nSPS) is 11.5. The lowest BCUT2D eigenvalue weighted by Crippen LogP contribution is -2.41. The third kappa shape index (κ3) is 5.12. The highest BCUT2D eigenvalue weighted by Crippen LogP contribution is 2.12. The first kappa shape index (κ1) is 17.5. The second-order valence-electron chi connectivity index (χ2n) is 5.48. The van der Waals surface area contributed by atoms with E-state index in [0.29, 0.717) is 12.0 Å². The zero-order chi connectivity index (χ0) is 17.4. The molecule has 5 heteroatoms. The van der Waals surface area contributed by atoms with Crippen LogP contribution >= 0.6 is 0 Å². The van der Waals surface area contributed by atoms with Crippen molar-refractivity contribution in [3.63, 3.8) is 0 Å². The Labute approximate surface area is 141 Å². The van der Waals surface area contributed by atoms with Gasteiger partial charge in [0.15, 0.2) is 0 Å². The predicted molar refractivity (Wildman–Crippen MR) is 90.8 cm³/mol. The number of hydrogen-bond acceptors (Lipinski definition) is 4. The summed E-state index contributed by atoms with van der Waals surface area (Å²) in [6.45, 7) is 0. The lowest BCUT2D eigenvalue weighted by Gasteiger charge is -2.16. The highest BCUT2D eigenvalue weighted by atomic mass is 16.5. The molecule has 0 saturated heterocycles. The number of benzene rings is 2. The number of amides is 1. The van der Waals surface area contributed by atoms with Crippen LogP contribution in [0.25, 0.3) is 0 Å². The molecule has 2 aromatic carbocycles. The van der Waals surface area contributed by atoms with E-state index in [4.69, 9.17) is 4.74 Å². The van der Waals surface area contributed by atoms with Gasteiger partial charge in [-0.2, -0.15) is 0 Å². The van der Waals surface area contributed by atoms with Crippen molar-refractivity contribution in [2.45, 2.75) is 25.3 Å². The number of methoxy groups -OCH3 is 1. The van der Waals surface area contributed by atoms with Gasteiger partial charge in [-0.05, 0) is 43.0 Å². The Morgan fingerprint density at radius 2 is 1.88 bits per heavy atom. The van der Waals surface area contributed by atoms with Crippen LogP contribution in [0.3, 0.4) is 0 Å². The molecule has 0 aliphatic rings. The third-order valence-electron chi connectivity index (χ3n) is 3.70. The van der Waals surface area contributed by atoms with E-state index in [0.717, 1.165) is 12.8 Å². The molecule has 2 N–H and O–H groups in total. The maximum atomic E-state index is 12.2. The molecular weight excluding hydrogens is 306 g/mol. The van der Waals surface area contributed by atoms with Gasteiger partial charge in [0.25, 0.3) is 5.91 Å². The molecule has 0 aromatic heterocycles. The second kappa shape index (κ2) is 8.72. The van der Waals surface area contributed by atoms with E-state index < -0.39 is 17.9 Å². The fourth-order valence-electron chi connectivity index (χ4n) is 2.43. The summed E-state index contributed by atoms with van der Waals surface area (Å²) >= 11 is 0. The largest absolute Gasteiger partial charge is 0.508 e. The molecule has 0 radical (unpaired) electrons. The summed E-state index contributed by atoms with van der Waals surface area (Å²) in [5.41, 5.74) is 1.48. The van der Waals surface area contributed by atoms with Gasteiger partial charge in [-0.1, -0.05) is 36.4 Å². The third-order valence-corrected chi connectivity index (χ3v) is 3.70. The number of aryl methyl sites for hydroxylation is 1. The molecule has 5 nitrogen and oxygen atoms in total. The van der Waals surface area contributed by atoms with E-state index in [9.17, 15) is 14.7 Å². The van der Waals surface area contributed by atoms with Crippen LogP contribution in [0, 0.1) is 0 Å². The van der Waals surface area contributed by atoms with Gasteiger partial charge >= 0.3 is 5.97 Å². The number of phenolic OH excluding ortho intramolecular Hbond substituents is 1. The van der Waals surface area contributed by atoms with Gasteiger partial charge in [0.05, 0.1) is 7.11 Å². The zero-order valence-electron chi connectivity index (χ0n) is 13.6. The lowest BCUT2D eigenvalue weighted by atomic mass is 10.0. The first-order chi connectivity index (χ1) is 11.6. The molecule has 126 valence electrons. The van der Waals surface area contributed by atoms with Gasteiger partial charge in [-0.25, -0.2) is 4.79 Å². The van der Waals surface area contributed by atoms with E-state index in [-0.39, 0.29) is 5.75 Å². The van der Waals surface area contributed by atoms with Crippen molar-refractivity contribution in [2.24, 2.45) is 0 Å². The van der Waals surface area contributed by atoms with Crippen molar-refractivity contribution in [1.82, 2.24) is 5.32 Å². The summed E-state index contributed by atoms with van der Waals surface area (Å²) in [5, 5.41) is 12.1. The quantitative estimate of drug-likeness (QED) is 0.767. The first-order valence-electron chi connectivity index (χ1n) is 7.82. The minimum Gasteiger partial charge on any atom is -0.508 e. The van der Waals surface area contributed by atoms with Gasteiger partial charge in [0.1, 0.15) is 11.8 Å². The number of nitrogens with one attached hydrogen (secondary N) is 1. The number of ether oxygens (including phenoxy) is 1. The Bertz CT molecular complexity index is 685. The van der Waals surface area contributed by atoms with E-state index in [1.807, 2.05) is 30.3 Å². The van der Waals surface area contributed by atoms with E-state index >= 15 is 0 Å². The fraction of sp³-hybridized carbons (Fsp3) is 0.263. The van der Waals surface area contributed by atoms with Gasteiger partial charge in [0.2, 0.25) is 0 Å².